The van der Waals surface area contributed by atoms with E-state index in [0.29, 0.717) is 11.4 Å². The zero-order valence-corrected chi connectivity index (χ0v) is 15.1. The van der Waals surface area contributed by atoms with E-state index in [1.54, 1.807) is 25.1 Å². The monoisotopic (exact) mass is 396 g/mol. The van der Waals surface area contributed by atoms with Crippen molar-refractivity contribution < 1.29 is 32.6 Å². The molecule has 28 heavy (non-hydrogen) atoms. The number of carbonyl (C=O) groups excluding carboxylic acids is 2. The summed E-state index contributed by atoms with van der Waals surface area (Å²) >= 11 is 0. The lowest BCUT2D eigenvalue weighted by Crippen LogP contribution is -2.37. The molecule has 0 aromatic heterocycles. The van der Waals surface area contributed by atoms with Gasteiger partial charge in [-0.25, -0.2) is 0 Å². The van der Waals surface area contributed by atoms with Crippen molar-refractivity contribution >= 4 is 17.5 Å². The van der Waals surface area contributed by atoms with Gasteiger partial charge in [0, 0.05) is 6.54 Å². The molecule has 0 saturated carbocycles. The predicted octanol–water partition coefficient (Wildman–Crippen LogP) is 2.81. The Morgan fingerprint density at radius 2 is 1.75 bits per heavy atom. The molecular formula is C19H19F3N2O4. The average molecular weight is 396 g/mol. The highest BCUT2D eigenvalue weighted by Gasteiger charge is 2.30. The molecule has 0 aliphatic rings. The van der Waals surface area contributed by atoms with E-state index in [2.05, 4.69) is 10.6 Å². The van der Waals surface area contributed by atoms with Crippen molar-refractivity contribution in [1.29, 1.82) is 0 Å². The van der Waals surface area contributed by atoms with Gasteiger partial charge in [-0.15, -0.1) is 0 Å². The lowest BCUT2D eigenvalue weighted by atomic mass is 10.1. The molecule has 2 aromatic carbocycles. The number of aliphatic hydroxyl groups excluding tert-OH is 1. The maximum absolute atomic E-state index is 12.5. The van der Waals surface area contributed by atoms with Crippen LogP contribution in [0.25, 0.3) is 0 Å². The second-order valence-electron chi connectivity index (χ2n) is 6.00. The number of benzene rings is 2. The van der Waals surface area contributed by atoms with Crippen LogP contribution < -0.4 is 15.4 Å². The fourth-order valence-corrected chi connectivity index (χ4v) is 2.38. The molecule has 0 bridgehead atoms. The number of nitrogens with one attached hydrogen (secondary N) is 2. The van der Waals surface area contributed by atoms with Gasteiger partial charge in [-0.3, -0.25) is 9.59 Å². The Bertz CT molecular complexity index is 851. The first-order chi connectivity index (χ1) is 13.1. The molecule has 9 heteroatoms. The van der Waals surface area contributed by atoms with Gasteiger partial charge in [-0.05, 0) is 42.3 Å². The van der Waals surface area contributed by atoms with Gasteiger partial charge in [0.2, 0.25) is 0 Å². The molecule has 2 aromatic rings. The van der Waals surface area contributed by atoms with Crippen molar-refractivity contribution in [2.75, 3.05) is 19.0 Å². The van der Waals surface area contributed by atoms with Gasteiger partial charge in [-0.2, -0.15) is 13.2 Å². The van der Waals surface area contributed by atoms with Crippen LogP contribution >= 0.6 is 0 Å². The number of alkyl halides is 3. The topological polar surface area (TPSA) is 87.7 Å². The number of ether oxygens (including phenoxy) is 1. The van der Waals surface area contributed by atoms with Crippen molar-refractivity contribution in [3.8, 4) is 5.75 Å². The Morgan fingerprint density at radius 1 is 1.11 bits per heavy atom. The van der Waals surface area contributed by atoms with Crippen LogP contribution in [0.15, 0.2) is 42.5 Å². The lowest BCUT2D eigenvalue weighted by molar-refractivity contribution is -0.137. The van der Waals surface area contributed by atoms with Crippen LogP contribution in [-0.2, 0) is 15.8 Å². The van der Waals surface area contributed by atoms with Gasteiger partial charge in [0.25, 0.3) is 0 Å². The van der Waals surface area contributed by atoms with Crippen molar-refractivity contribution in [3.63, 3.8) is 0 Å². The number of halogens is 3. The van der Waals surface area contributed by atoms with Gasteiger partial charge in [0.05, 0.1) is 24.5 Å². The number of amides is 2. The van der Waals surface area contributed by atoms with E-state index in [4.69, 9.17) is 4.74 Å². The molecule has 0 spiro atoms. The highest BCUT2D eigenvalue weighted by atomic mass is 19.4. The number of hydrogen-bond acceptors (Lipinski definition) is 4. The molecule has 2 rings (SSSR count). The fourth-order valence-electron chi connectivity index (χ4n) is 2.38. The average Bonchev–Trinajstić information content (AvgIpc) is 2.65. The maximum Gasteiger partial charge on any atom is 0.416 e. The standard InChI is InChI=1S/C19H19F3N2O4/c1-11-3-8-16(28-2)14(9-11)24-18(27)17(26)23-10-15(25)12-4-6-13(7-5-12)19(20,21)22/h3-9,15,25H,10H2,1-2H3,(H,23,26)(H,24,27). The van der Waals surface area contributed by atoms with Crippen LogP contribution in [0.2, 0.25) is 0 Å². The number of hydrogen-bond donors (Lipinski definition) is 3. The second kappa shape index (κ2) is 8.75. The number of rotatable bonds is 5. The Hall–Kier alpha value is -3.07. The highest BCUT2D eigenvalue weighted by Crippen LogP contribution is 2.30. The second-order valence-corrected chi connectivity index (χ2v) is 6.00. The highest BCUT2D eigenvalue weighted by molar-refractivity contribution is 6.39. The third-order valence-corrected chi connectivity index (χ3v) is 3.89. The number of anilines is 1. The third kappa shape index (κ3) is 5.46. The summed E-state index contributed by atoms with van der Waals surface area (Å²) in [5.74, 6) is -1.60. The molecule has 0 aliphatic carbocycles. The summed E-state index contributed by atoms with van der Waals surface area (Å²) in [5.41, 5.74) is 0.480. The minimum atomic E-state index is -4.48. The molecule has 2 amide bonds. The van der Waals surface area contributed by atoms with E-state index in [1.807, 2.05) is 0 Å². The summed E-state index contributed by atoms with van der Waals surface area (Å²) in [6.07, 6.45) is -5.75. The molecule has 0 radical (unpaired) electrons. The zero-order valence-electron chi connectivity index (χ0n) is 15.1. The number of methoxy groups -OCH3 is 1. The molecule has 1 unspecified atom stereocenters. The minimum absolute atomic E-state index is 0.175. The Labute approximate surface area is 159 Å². The predicted molar refractivity (Wildman–Crippen MR) is 95.8 cm³/mol. The first-order valence-electron chi connectivity index (χ1n) is 8.21. The van der Waals surface area contributed by atoms with E-state index in [9.17, 15) is 27.9 Å². The Balaban J connectivity index is 1.94. The largest absolute Gasteiger partial charge is 0.495 e. The smallest absolute Gasteiger partial charge is 0.416 e. The van der Waals surface area contributed by atoms with Crippen LogP contribution in [0, 0.1) is 6.92 Å². The maximum atomic E-state index is 12.5. The quantitative estimate of drug-likeness (QED) is 0.679. The van der Waals surface area contributed by atoms with E-state index in [1.165, 1.54) is 7.11 Å². The van der Waals surface area contributed by atoms with E-state index < -0.39 is 29.7 Å². The van der Waals surface area contributed by atoms with Gasteiger partial charge < -0.3 is 20.5 Å². The summed E-state index contributed by atoms with van der Waals surface area (Å²) in [4.78, 5) is 23.9. The van der Waals surface area contributed by atoms with Crippen LogP contribution in [-0.4, -0.2) is 30.6 Å². The third-order valence-electron chi connectivity index (χ3n) is 3.89. The molecule has 0 aliphatic heterocycles. The van der Waals surface area contributed by atoms with Gasteiger partial charge in [0.1, 0.15) is 5.75 Å². The summed E-state index contributed by atoms with van der Waals surface area (Å²) in [7, 11) is 1.42. The summed E-state index contributed by atoms with van der Waals surface area (Å²) in [5, 5.41) is 14.6. The molecule has 1 atom stereocenters. The van der Waals surface area contributed by atoms with Crippen molar-refractivity contribution in [1.82, 2.24) is 5.32 Å². The van der Waals surface area contributed by atoms with Crippen molar-refractivity contribution in [2.24, 2.45) is 0 Å². The molecule has 6 nitrogen and oxygen atoms in total. The van der Waals surface area contributed by atoms with Gasteiger partial charge in [-0.1, -0.05) is 18.2 Å². The van der Waals surface area contributed by atoms with Gasteiger partial charge >= 0.3 is 18.0 Å². The lowest BCUT2D eigenvalue weighted by Gasteiger charge is -2.14. The summed E-state index contributed by atoms with van der Waals surface area (Å²) in [6.45, 7) is 1.46. The summed E-state index contributed by atoms with van der Waals surface area (Å²) in [6, 6.07) is 8.91. The minimum Gasteiger partial charge on any atom is -0.495 e. The molecular weight excluding hydrogens is 377 g/mol. The molecule has 0 saturated heterocycles. The van der Waals surface area contributed by atoms with Crippen molar-refractivity contribution in [2.45, 2.75) is 19.2 Å². The molecule has 150 valence electrons. The summed E-state index contributed by atoms with van der Waals surface area (Å²) < 4.78 is 42.7. The van der Waals surface area contributed by atoms with Crippen LogP contribution in [0.5, 0.6) is 5.75 Å². The van der Waals surface area contributed by atoms with Crippen LogP contribution in [0.4, 0.5) is 18.9 Å². The van der Waals surface area contributed by atoms with Crippen LogP contribution in [0.3, 0.4) is 0 Å². The fraction of sp³-hybridized carbons (Fsp3) is 0.263. The zero-order chi connectivity index (χ0) is 20.9. The van der Waals surface area contributed by atoms with E-state index in [0.717, 1.165) is 29.8 Å². The van der Waals surface area contributed by atoms with Crippen LogP contribution in [0.1, 0.15) is 22.8 Å². The Morgan fingerprint density at radius 3 is 2.32 bits per heavy atom. The number of aryl methyl sites for hydroxylation is 1. The Kier molecular flexibility index (Phi) is 6.63. The normalized spacial score (nSPS) is 12.2. The molecule has 3 N–H and O–H groups in total. The first kappa shape index (κ1) is 21.2. The number of aliphatic hydroxyl groups is 1. The van der Waals surface area contributed by atoms with E-state index in [-0.39, 0.29) is 12.1 Å². The van der Waals surface area contributed by atoms with Crippen molar-refractivity contribution in [3.05, 3.63) is 59.2 Å². The van der Waals surface area contributed by atoms with E-state index >= 15 is 0 Å². The molecule has 0 fully saturated rings. The number of carbonyl (C=O) groups is 2. The van der Waals surface area contributed by atoms with Gasteiger partial charge in [0.15, 0.2) is 0 Å². The SMILES string of the molecule is COc1ccc(C)cc1NC(=O)C(=O)NCC(O)c1ccc(C(F)(F)F)cc1. The first-order valence-corrected chi connectivity index (χ1v) is 8.21. The molecule has 0 heterocycles.